The standard InChI is InChI=1S/C21H33N3O/c1-5-7-12-24(16-17(3)6-2)13-11-22-20-15-19(25-4)14-18-9-8-10-23-21(18)20/h8-10,14-15,17,22H,5-7,11-13,16H2,1-4H3/t17-/m1/s1. The highest BCUT2D eigenvalue weighted by atomic mass is 16.5. The second-order valence-electron chi connectivity index (χ2n) is 6.84. The van der Waals surface area contributed by atoms with Crippen molar-refractivity contribution in [2.45, 2.75) is 40.0 Å². The Hall–Kier alpha value is -1.81. The Morgan fingerprint density at radius 3 is 2.80 bits per heavy atom. The summed E-state index contributed by atoms with van der Waals surface area (Å²) in [7, 11) is 1.71. The van der Waals surface area contributed by atoms with Gasteiger partial charge in [-0.2, -0.15) is 0 Å². The van der Waals surface area contributed by atoms with Gasteiger partial charge in [-0.15, -0.1) is 0 Å². The van der Waals surface area contributed by atoms with E-state index < -0.39 is 0 Å². The minimum Gasteiger partial charge on any atom is -0.497 e. The summed E-state index contributed by atoms with van der Waals surface area (Å²) in [5.41, 5.74) is 2.05. The van der Waals surface area contributed by atoms with Gasteiger partial charge in [0.15, 0.2) is 0 Å². The number of hydrogen-bond donors (Lipinski definition) is 1. The lowest BCUT2D eigenvalue weighted by molar-refractivity contribution is 0.239. The molecule has 4 heteroatoms. The number of rotatable bonds is 11. The third-order valence-corrected chi connectivity index (χ3v) is 4.75. The first-order chi connectivity index (χ1) is 12.2. The summed E-state index contributed by atoms with van der Waals surface area (Å²) in [5, 5.41) is 4.68. The number of fused-ring (bicyclic) bond motifs is 1. The zero-order valence-corrected chi connectivity index (χ0v) is 16.2. The maximum atomic E-state index is 5.43. The van der Waals surface area contributed by atoms with E-state index in [2.05, 4.69) is 42.0 Å². The minimum atomic E-state index is 0.746. The monoisotopic (exact) mass is 343 g/mol. The molecule has 1 aromatic heterocycles. The fourth-order valence-electron chi connectivity index (χ4n) is 3.01. The molecule has 0 radical (unpaired) electrons. The second kappa shape index (κ2) is 10.2. The molecule has 1 atom stereocenters. The average Bonchev–Trinajstić information content (AvgIpc) is 2.65. The molecule has 0 amide bonds. The number of nitrogens with one attached hydrogen (secondary N) is 1. The topological polar surface area (TPSA) is 37.4 Å². The van der Waals surface area contributed by atoms with Crippen molar-refractivity contribution in [3.05, 3.63) is 30.5 Å². The van der Waals surface area contributed by atoms with Gasteiger partial charge < -0.3 is 15.0 Å². The van der Waals surface area contributed by atoms with Crippen molar-refractivity contribution in [3.63, 3.8) is 0 Å². The van der Waals surface area contributed by atoms with Gasteiger partial charge in [0, 0.05) is 37.3 Å². The number of nitrogens with zero attached hydrogens (tertiary/aromatic N) is 2. The lowest BCUT2D eigenvalue weighted by atomic mass is 10.1. The van der Waals surface area contributed by atoms with Crippen LogP contribution < -0.4 is 10.1 Å². The van der Waals surface area contributed by atoms with Crippen LogP contribution in [-0.4, -0.2) is 43.2 Å². The molecule has 0 bridgehead atoms. The van der Waals surface area contributed by atoms with E-state index >= 15 is 0 Å². The highest BCUT2D eigenvalue weighted by molar-refractivity contribution is 5.91. The molecular weight excluding hydrogens is 310 g/mol. The molecule has 138 valence electrons. The summed E-state index contributed by atoms with van der Waals surface area (Å²) in [4.78, 5) is 7.12. The van der Waals surface area contributed by atoms with Crippen LogP contribution in [-0.2, 0) is 0 Å². The van der Waals surface area contributed by atoms with Crippen LogP contribution in [0.1, 0.15) is 40.0 Å². The quantitative estimate of drug-likeness (QED) is 0.636. The van der Waals surface area contributed by atoms with E-state index in [1.807, 2.05) is 24.4 Å². The maximum absolute atomic E-state index is 5.43. The molecule has 2 aromatic rings. The molecule has 0 aliphatic heterocycles. The molecule has 0 fully saturated rings. The van der Waals surface area contributed by atoms with Crippen molar-refractivity contribution in [3.8, 4) is 5.75 Å². The van der Waals surface area contributed by atoms with E-state index in [1.165, 1.54) is 32.4 Å². The zero-order valence-electron chi connectivity index (χ0n) is 16.2. The van der Waals surface area contributed by atoms with E-state index in [0.29, 0.717) is 0 Å². The van der Waals surface area contributed by atoms with Crippen LogP contribution >= 0.6 is 0 Å². The van der Waals surface area contributed by atoms with E-state index in [1.54, 1.807) is 7.11 Å². The maximum Gasteiger partial charge on any atom is 0.121 e. The summed E-state index contributed by atoms with van der Waals surface area (Å²) < 4.78 is 5.43. The van der Waals surface area contributed by atoms with Gasteiger partial charge in [-0.05, 0) is 31.0 Å². The van der Waals surface area contributed by atoms with Gasteiger partial charge in [0.05, 0.1) is 18.3 Å². The van der Waals surface area contributed by atoms with Gasteiger partial charge >= 0.3 is 0 Å². The normalized spacial score (nSPS) is 12.5. The van der Waals surface area contributed by atoms with Crippen LogP contribution in [0.5, 0.6) is 5.75 Å². The number of unbranched alkanes of at least 4 members (excludes halogenated alkanes) is 1. The summed E-state index contributed by atoms with van der Waals surface area (Å²) in [6.07, 6.45) is 5.59. The third-order valence-electron chi connectivity index (χ3n) is 4.75. The highest BCUT2D eigenvalue weighted by Crippen LogP contribution is 2.27. The van der Waals surface area contributed by atoms with E-state index in [9.17, 15) is 0 Å². The van der Waals surface area contributed by atoms with Gasteiger partial charge in [-0.3, -0.25) is 4.98 Å². The second-order valence-corrected chi connectivity index (χ2v) is 6.84. The van der Waals surface area contributed by atoms with Gasteiger partial charge in [0.1, 0.15) is 5.75 Å². The van der Waals surface area contributed by atoms with Crippen molar-refractivity contribution in [2.75, 3.05) is 38.6 Å². The summed E-state index contributed by atoms with van der Waals surface area (Å²) in [5.74, 6) is 1.61. The molecule has 1 aromatic carbocycles. The Morgan fingerprint density at radius 2 is 2.08 bits per heavy atom. The molecule has 1 N–H and O–H groups in total. The first-order valence-corrected chi connectivity index (χ1v) is 9.56. The molecular formula is C21H33N3O. The Morgan fingerprint density at radius 1 is 1.24 bits per heavy atom. The zero-order chi connectivity index (χ0) is 18.1. The fourth-order valence-corrected chi connectivity index (χ4v) is 3.01. The third kappa shape index (κ3) is 5.89. The SMILES string of the molecule is CCCCN(CCNc1cc(OC)cc2cccnc12)C[C@H](C)CC. The Kier molecular flexibility index (Phi) is 7.99. The summed E-state index contributed by atoms with van der Waals surface area (Å²) in [6, 6.07) is 8.11. The van der Waals surface area contributed by atoms with Gasteiger partial charge in [0.25, 0.3) is 0 Å². The van der Waals surface area contributed by atoms with Crippen molar-refractivity contribution in [1.82, 2.24) is 9.88 Å². The Balaban J connectivity index is 2.02. The summed E-state index contributed by atoms with van der Waals surface area (Å²) in [6.45, 7) is 11.2. The van der Waals surface area contributed by atoms with Gasteiger partial charge in [-0.25, -0.2) is 0 Å². The van der Waals surface area contributed by atoms with Crippen LogP contribution in [0, 0.1) is 5.92 Å². The molecule has 0 spiro atoms. The minimum absolute atomic E-state index is 0.746. The first-order valence-electron chi connectivity index (χ1n) is 9.56. The molecule has 25 heavy (non-hydrogen) atoms. The number of hydrogen-bond acceptors (Lipinski definition) is 4. The molecule has 0 unspecified atom stereocenters. The molecule has 0 aliphatic carbocycles. The first kappa shape index (κ1) is 19.5. The average molecular weight is 344 g/mol. The van der Waals surface area contributed by atoms with Crippen molar-refractivity contribution < 1.29 is 4.74 Å². The lowest BCUT2D eigenvalue weighted by Crippen LogP contribution is -2.33. The molecule has 1 heterocycles. The van der Waals surface area contributed by atoms with Crippen LogP contribution in [0.2, 0.25) is 0 Å². The number of benzene rings is 1. The predicted molar refractivity (Wildman–Crippen MR) is 108 cm³/mol. The molecule has 0 saturated heterocycles. The molecule has 0 aliphatic rings. The van der Waals surface area contributed by atoms with E-state index in [4.69, 9.17) is 4.74 Å². The van der Waals surface area contributed by atoms with Crippen LogP contribution in [0.25, 0.3) is 10.9 Å². The van der Waals surface area contributed by atoms with Crippen LogP contribution in [0.15, 0.2) is 30.5 Å². The van der Waals surface area contributed by atoms with E-state index in [-0.39, 0.29) is 0 Å². The predicted octanol–water partition coefficient (Wildman–Crippen LogP) is 4.80. The van der Waals surface area contributed by atoms with Crippen molar-refractivity contribution in [2.24, 2.45) is 5.92 Å². The molecule has 4 nitrogen and oxygen atoms in total. The molecule has 2 rings (SSSR count). The Bertz CT molecular complexity index is 644. The van der Waals surface area contributed by atoms with Gasteiger partial charge in [0.2, 0.25) is 0 Å². The smallest absolute Gasteiger partial charge is 0.121 e. The molecule has 0 saturated carbocycles. The fraction of sp³-hybridized carbons (Fsp3) is 0.571. The van der Waals surface area contributed by atoms with Crippen molar-refractivity contribution >= 4 is 16.6 Å². The van der Waals surface area contributed by atoms with Crippen LogP contribution in [0.3, 0.4) is 0 Å². The van der Waals surface area contributed by atoms with Crippen molar-refractivity contribution in [1.29, 1.82) is 0 Å². The number of ether oxygens (including phenoxy) is 1. The number of anilines is 1. The number of pyridine rings is 1. The largest absolute Gasteiger partial charge is 0.497 e. The summed E-state index contributed by atoms with van der Waals surface area (Å²) >= 11 is 0. The van der Waals surface area contributed by atoms with E-state index in [0.717, 1.165) is 41.3 Å². The Labute approximate surface area is 152 Å². The lowest BCUT2D eigenvalue weighted by Gasteiger charge is -2.25. The van der Waals surface area contributed by atoms with Gasteiger partial charge in [-0.1, -0.05) is 39.7 Å². The number of methoxy groups -OCH3 is 1. The highest BCUT2D eigenvalue weighted by Gasteiger charge is 2.10. The number of aromatic nitrogens is 1. The van der Waals surface area contributed by atoms with Crippen LogP contribution in [0.4, 0.5) is 5.69 Å².